The lowest BCUT2D eigenvalue weighted by molar-refractivity contribution is -0.116. The predicted octanol–water partition coefficient (Wildman–Crippen LogP) is 5.68. The summed E-state index contributed by atoms with van der Waals surface area (Å²) in [4.78, 5) is 28.0. The second kappa shape index (κ2) is 12.3. The van der Waals surface area contributed by atoms with Crippen LogP contribution in [0.4, 0.5) is 5.69 Å². The van der Waals surface area contributed by atoms with Gasteiger partial charge in [0.15, 0.2) is 10.0 Å². The highest BCUT2D eigenvalue weighted by molar-refractivity contribution is 7.90. The highest BCUT2D eigenvalue weighted by atomic mass is 35.5. The van der Waals surface area contributed by atoms with Crippen LogP contribution in [-0.2, 0) is 30.8 Å². The zero-order valence-electron chi connectivity index (χ0n) is 24.5. The van der Waals surface area contributed by atoms with Crippen LogP contribution in [0.5, 0.6) is 5.75 Å². The van der Waals surface area contributed by atoms with Crippen molar-refractivity contribution in [3.63, 3.8) is 0 Å². The van der Waals surface area contributed by atoms with Crippen LogP contribution in [0.2, 0.25) is 5.02 Å². The lowest BCUT2D eigenvalue weighted by Gasteiger charge is -2.45. The minimum absolute atomic E-state index is 0.0184. The second-order valence-electron chi connectivity index (χ2n) is 12.3. The van der Waals surface area contributed by atoms with Crippen LogP contribution in [0.25, 0.3) is 0 Å². The maximum atomic E-state index is 13.6. The van der Waals surface area contributed by atoms with Crippen molar-refractivity contribution in [3.8, 4) is 5.75 Å². The number of Topliss-reactive ketones (excluding diaryl/α,β-unsaturated/α-hetero) is 1. The molecule has 2 aromatic rings. The average Bonchev–Trinajstić information content (AvgIpc) is 3.11. The van der Waals surface area contributed by atoms with Gasteiger partial charge in [-0.15, -0.1) is 4.36 Å². The summed E-state index contributed by atoms with van der Waals surface area (Å²) in [7, 11) is -3.58. The van der Waals surface area contributed by atoms with Crippen molar-refractivity contribution in [2.45, 2.75) is 63.4 Å². The number of anilines is 1. The predicted molar refractivity (Wildman–Crippen MR) is 167 cm³/mol. The van der Waals surface area contributed by atoms with Crippen molar-refractivity contribution in [1.29, 1.82) is 0 Å². The average molecular weight is 627 g/mol. The van der Waals surface area contributed by atoms with Crippen LogP contribution >= 0.6 is 11.6 Å². The molecule has 1 amide bonds. The Kier molecular flexibility index (Phi) is 8.70. The summed E-state index contributed by atoms with van der Waals surface area (Å²) in [5, 5.41) is 11.8. The van der Waals surface area contributed by atoms with Crippen LogP contribution in [0.3, 0.4) is 0 Å². The number of ether oxygens (including phenoxy) is 1. The maximum Gasteiger partial charge on any atom is 0.286 e. The molecule has 0 aromatic heterocycles. The van der Waals surface area contributed by atoms with E-state index < -0.39 is 27.8 Å². The minimum Gasteiger partial charge on any atom is -0.490 e. The summed E-state index contributed by atoms with van der Waals surface area (Å²) in [6.07, 6.45) is 8.42. The molecule has 5 atom stereocenters. The van der Waals surface area contributed by atoms with E-state index in [0.717, 1.165) is 42.8 Å². The molecular formula is C33H39ClN2O6S. The SMILES string of the molecule is CCC(=O)C[S@@]1(=O)=NC(=O)c2ccc3c(c2)N(C[C@@H]2CC[C@H]2[C@@H](O)/C=C/CCO1)C[C@@]1(CCCc2cc(Cl)ccc21)CO3. The number of carbonyl (C=O) groups excluding carboxylic acids is 2. The van der Waals surface area contributed by atoms with E-state index in [2.05, 4.69) is 21.4 Å². The van der Waals surface area contributed by atoms with Crippen LogP contribution in [0, 0.1) is 11.8 Å². The molecule has 1 fully saturated rings. The van der Waals surface area contributed by atoms with Crippen molar-refractivity contribution in [2.75, 3.05) is 37.0 Å². The molecule has 0 radical (unpaired) electrons. The third-order valence-electron chi connectivity index (χ3n) is 9.50. The highest BCUT2D eigenvalue weighted by Crippen LogP contribution is 2.46. The number of aryl methyl sites for hydroxylation is 1. The lowest BCUT2D eigenvalue weighted by Crippen LogP contribution is -2.49. The molecule has 2 heterocycles. The van der Waals surface area contributed by atoms with Gasteiger partial charge in [-0.05, 0) is 91.8 Å². The second-order valence-corrected chi connectivity index (χ2v) is 14.6. The number of amides is 1. The molecule has 2 bridgehead atoms. The molecule has 2 aliphatic carbocycles. The largest absolute Gasteiger partial charge is 0.490 e. The Morgan fingerprint density at radius 3 is 2.88 bits per heavy atom. The number of nitrogens with zero attached hydrogens (tertiary/aromatic N) is 2. The Balaban J connectivity index is 1.43. The molecule has 1 saturated carbocycles. The molecule has 0 saturated heterocycles. The third-order valence-corrected chi connectivity index (χ3v) is 11.4. The number of rotatable bonds is 3. The fraction of sp³-hybridized carbons (Fsp3) is 0.515. The van der Waals surface area contributed by atoms with Crippen molar-refractivity contribution in [2.24, 2.45) is 16.2 Å². The first-order valence-electron chi connectivity index (χ1n) is 15.3. The van der Waals surface area contributed by atoms with Gasteiger partial charge in [0.05, 0.1) is 25.0 Å². The van der Waals surface area contributed by atoms with Gasteiger partial charge in [0.2, 0.25) is 0 Å². The molecular weight excluding hydrogens is 588 g/mol. The zero-order chi connectivity index (χ0) is 30.2. The van der Waals surface area contributed by atoms with Crippen molar-refractivity contribution in [3.05, 3.63) is 70.3 Å². The number of aliphatic hydroxyl groups is 1. The molecule has 1 N–H and O–H groups in total. The van der Waals surface area contributed by atoms with E-state index in [0.29, 0.717) is 31.9 Å². The number of aliphatic hydroxyl groups excluding tert-OH is 1. The van der Waals surface area contributed by atoms with E-state index >= 15 is 0 Å². The topological polar surface area (TPSA) is 106 Å². The molecule has 0 unspecified atom stereocenters. The van der Waals surface area contributed by atoms with Gasteiger partial charge < -0.3 is 14.7 Å². The minimum atomic E-state index is -3.58. The number of hydrogen-bond donors (Lipinski definition) is 1. The van der Waals surface area contributed by atoms with Gasteiger partial charge in [-0.25, -0.2) is 4.21 Å². The van der Waals surface area contributed by atoms with Crippen LogP contribution in [0.15, 0.2) is 52.9 Å². The number of fused-ring (bicyclic) bond motifs is 4. The molecule has 10 heteroatoms. The van der Waals surface area contributed by atoms with E-state index in [-0.39, 0.29) is 41.6 Å². The van der Waals surface area contributed by atoms with Gasteiger partial charge in [0.25, 0.3) is 5.91 Å². The highest BCUT2D eigenvalue weighted by Gasteiger charge is 2.44. The van der Waals surface area contributed by atoms with Crippen molar-refractivity contribution >= 4 is 39.0 Å². The standard InChI is InChI=1S/C33H39ClN2O6S/c1-2-26(37)19-43(40)35-32(39)23-9-13-31-29(17-23)36(18-24-8-11-27(24)30(38)7-3-4-15-42-43)20-33(21-41-31)14-5-6-22-16-25(34)10-12-28(22)33/h3,7,9-10,12-13,16-17,24,27,30,38H,2,4-6,8,11,14-15,18-21H2,1H3/b7-3+/t24-,27+,30-,33-,43-/m0/s1. The summed E-state index contributed by atoms with van der Waals surface area (Å²) < 4.78 is 29.7. The number of hydrogen-bond acceptors (Lipinski definition) is 7. The monoisotopic (exact) mass is 626 g/mol. The summed E-state index contributed by atoms with van der Waals surface area (Å²) in [6.45, 7) is 3.57. The summed E-state index contributed by atoms with van der Waals surface area (Å²) in [5.74, 6) is -0.380. The first-order valence-corrected chi connectivity index (χ1v) is 17.3. The Bertz CT molecular complexity index is 1570. The van der Waals surface area contributed by atoms with E-state index in [4.69, 9.17) is 20.5 Å². The third kappa shape index (κ3) is 6.27. The first-order chi connectivity index (χ1) is 20.7. The molecule has 6 rings (SSSR count). The summed E-state index contributed by atoms with van der Waals surface area (Å²) in [6, 6.07) is 11.3. The normalized spacial score (nSPS) is 31.5. The summed E-state index contributed by atoms with van der Waals surface area (Å²) >= 11 is 6.39. The molecule has 4 aliphatic rings. The van der Waals surface area contributed by atoms with E-state index in [1.54, 1.807) is 31.2 Å². The quantitative estimate of drug-likeness (QED) is 0.437. The number of carbonyl (C=O) groups is 2. The Labute approximate surface area is 258 Å². The van der Waals surface area contributed by atoms with Gasteiger partial charge >= 0.3 is 0 Å². The zero-order valence-corrected chi connectivity index (χ0v) is 26.1. The molecule has 2 aliphatic heterocycles. The summed E-state index contributed by atoms with van der Waals surface area (Å²) in [5.41, 5.74) is 3.26. The van der Waals surface area contributed by atoms with E-state index in [1.165, 1.54) is 11.1 Å². The lowest BCUT2D eigenvalue weighted by atomic mass is 9.68. The maximum absolute atomic E-state index is 13.6. The van der Waals surface area contributed by atoms with Crippen LogP contribution in [0.1, 0.15) is 66.9 Å². The van der Waals surface area contributed by atoms with Gasteiger partial charge in [0, 0.05) is 35.5 Å². The molecule has 8 nitrogen and oxygen atoms in total. The Morgan fingerprint density at radius 2 is 2.09 bits per heavy atom. The molecule has 1 spiro atoms. The van der Waals surface area contributed by atoms with E-state index in [1.807, 2.05) is 12.1 Å². The van der Waals surface area contributed by atoms with Gasteiger partial charge in [-0.2, -0.15) is 0 Å². The first kappa shape index (κ1) is 30.3. The van der Waals surface area contributed by atoms with Crippen molar-refractivity contribution < 1.29 is 27.8 Å². The molecule has 230 valence electrons. The number of ketones is 1. The smallest absolute Gasteiger partial charge is 0.286 e. The fourth-order valence-corrected chi connectivity index (χ4v) is 8.73. The van der Waals surface area contributed by atoms with Gasteiger partial charge in [-0.1, -0.05) is 36.7 Å². The Hall–Kier alpha value is -2.72. The Morgan fingerprint density at radius 1 is 1.23 bits per heavy atom. The fourth-order valence-electron chi connectivity index (χ4n) is 7.01. The van der Waals surface area contributed by atoms with Crippen LogP contribution < -0.4 is 9.64 Å². The number of benzene rings is 2. The molecule has 2 aromatic carbocycles. The van der Waals surface area contributed by atoms with E-state index in [9.17, 15) is 18.9 Å². The van der Waals surface area contributed by atoms with Crippen molar-refractivity contribution in [1.82, 2.24) is 0 Å². The molecule has 43 heavy (non-hydrogen) atoms. The van der Waals surface area contributed by atoms with Gasteiger partial charge in [-0.3, -0.25) is 13.8 Å². The van der Waals surface area contributed by atoms with Gasteiger partial charge in [0.1, 0.15) is 17.3 Å². The van der Waals surface area contributed by atoms with Crippen LogP contribution in [-0.4, -0.2) is 59.2 Å². The number of halogens is 1.